The highest BCUT2D eigenvalue weighted by Crippen LogP contribution is 2.17. The molecule has 0 fully saturated rings. The van der Waals surface area contributed by atoms with Gasteiger partial charge in [-0.25, -0.2) is 4.98 Å². The van der Waals surface area contributed by atoms with Crippen LogP contribution in [0.15, 0.2) is 36.8 Å². The van der Waals surface area contributed by atoms with Crippen LogP contribution >= 0.6 is 0 Å². The van der Waals surface area contributed by atoms with E-state index in [9.17, 15) is 0 Å². The van der Waals surface area contributed by atoms with Gasteiger partial charge in [0.05, 0.1) is 12.9 Å². The first-order valence-electron chi connectivity index (χ1n) is 6.49. The molecule has 0 amide bonds. The first-order valence-corrected chi connectivity index (χ1v) is 6.49. The summed E-state index contributed by atoms with van der Waals surface area (Å²) in [5, 5.41) is 0. The summed E-state index contributed by atoms with van der Waals surface area (Å²) >= 11 is 0. The molecule has 100 valence electrons. The number of imidazole rings is 1. The molecule has 0 aromatic carbocycles. The third kappa shape index (κ3) is 6.40. The normalized spacial score (nSPS) is 12.8. The second-order valence-electron chi connectivity index (χ2n) is 5.11. The number of ether oxygens (including phenoxy) is 1. The van der Waals surface area contributed by atoms with E-state index in [2.05, 4.69) is 36.0 Å². The van der Waals surface area contributed by atoms with Gasteiger partial charge in [-0.1, -0.05) is 38.2 Å². The monoisotopic (exact) mass is 248 g/mol. The molecule has 1 rings (SSSR count). The SMILES string of the molecule is CC=CC=CC(C)(C)COCCCc1cnc[nH]1. The molecule has 0 saturated heterocycles. The summed E-state index contributed by atoms with van der Waals surface area (Å²) in [6.45, 7) is 7.93. The number of rotatable bonds is 8. The van der Waals surface area contributed by atoms with Gasteiger partial charge in [0.2, 0.25) is 0 Å². The topological polar surface area (TPSA) is 37.9 Å². The van der Waals surface area contributed by atoms with E-state index in [-0.39, 0.29) is 5.41 Å². The number of aryl methyl sites for hydroxylation is 1. The molecule has 0 bridgehead atoms. The lowest BCUT2D eigenvalue weighted by Crippen LogP contribution is -2.17. The average Bonchev–Trinajstić information content (AvgIpc) is 2.81. The standard InChI is InChI=1S/C15H24N2O/c1-4-5-6-9-15(2,3)12-18-10-7-8-14-11-16-13-17-14/h4-6,9,11,13H,7-8,10,12H2,1-3H3,(H,16,17). The minimum atomic E-state index is 0.0908. The van der Waals surface area contributed by atoms with Crippen LogP contribution in [-0.2, 0) is 11.2 Å². The Labute approximate surface area is 110 Å². The largest absolute Gasteiger partial charge is 0.381 e. The van der Waals surface area contributed by atoms with Crippen LogP contribution in [0.1, 0.15) is 32.9 Å². The van der Waals surface area contributed by atoms with Crippen molar-refractivity contribution in [2.24, 2.45) is 5.41 Å². The Hall–Kier alpha value is -1.35. The molecule has 3 nitrogen and oxygen atoms in total. The molecular formula is C15H24N2O. The Bertz CT molecular complexity index is 364. The smallest absolute Gasteiger partial charge is 0.0921 e. The molecule has 1 heterocycles. The average molecular weight is 248 g/mol. The lowest BCUT2D eigenvalue weighted by molar-refractivity contribution is 0.0819. The summed E-state index contributed by atoms with van der Waals surface area (Å²) in [5.74, 6) is 0. The molecule has 1 aromatic rings. The molecular weight excluding hydrogens is 224 g/mol. The quantitative estimate of drug-likeness (QED) is 0.564. The molecule has 0 saturated carbocycles. The summed E-state index contributed by atoms with van der Waals surface area (Å²) in [5.41, 5.74) is 1.26. The molecule has 0 aliphatic carbocycles. The Morgan fingerprint density at radius 3 is 2.89 bits per heavy atom. The summed E-state index contributed by atoms with van der Waals surface area (Å²) in [6.07, 6.45) is 13.9. The van der Waals surface area contributed by atoms with E-state index in [1.807, 2.05) is 25.3 Å². The Morgan fingerprint density at radius 2 is 2.22 bits per heavy atom. The van der Waals surface area contributed by atoms with Crippen LogP contribution in [0.2, 0.25) is 0 Å². The van der Waals surface area contributed by atoms with Gasteiger partial charge >= 0.3 is 0 Å². The van der Waals surface area contributed by atoms with Crippen LogP contribution in [0.25, 0.3) is 0 Å². The number of hydrogen-bond donors (Lipinski definition) is 1. The zero-order chi connectivity index (χ0) is 13.3. The van der Waals surface area contributed by atoms with Crippen molar-refractivity contribution in [3.63, 3.8) is 0 Å². The molecule has 1 aromatic heterocycles. The van der Waals surface area contributed by atoms with Crippen molar-refractivity contribution in [2.45, 2.75) is 33.6 Å². The third-order valence-electron chi connectivity index (χ3n) is 2.61. The van der Waals surface area contributed by atoms with E-state index < -0.39 is 0 Å². The lowest BCUT2D eigenvalue weighted by atomic mass is 9.94. The van der Waals surface area contributed by atoms with Crippen LogP contribution in [0, 0.1) is 5.41 Å². The summed E-state index contributed by atoms with van der Waals surface area (Å²) in [7, 11) is 0. The summed E-state index contributed by atoms with van der Waals surface area (Å²) < 4.78 is 5.72. The van der Waals surface area contributed by atoms with E-state index in [4.69, 9.17) is 4.74 Å². The van der Waals surface area contributed by atoms with Gasteiger partial charge in [0.15, 0.2) is 0 Å². The Kier molecular flexibility index (Phi) is 6.44. The maximum Gasteiger partial charge on any atom is 0.0921 e. The van der Waals surface area contributed by atoms with Gasteiger partial charge in [0.1, 0.15) is 0 Å². The zero-order valence-corrected chi connectivity index (χ0v) is 11.6. The molecule has 0 atom stereocenters. The van der Waals surface area contributed by atoms with Gasteiger partial charge < -0.3 is 9.72 Å². The lowest BCUT2D eigenvalue weighted by Gasteiger charge is -2.19. The minimum absolute atomic E-state index is 0.0908. The number of aromatic nitrogens is 2. The van der Waals surface area contributed by atoms with Crippen molar-refractivity contribution in [1.29, 1.82) is 0 Å². The second-order valence-corrected chi connectivity index (χ2v) is 5.11. The number of nitrogens with zero attached hydrogens (tertiary/aromatic N) is 1. The van der Waals surface area contributed by atoms with Crippen LogP contribution in [0.4, 0.5) is 0 Å². The van der Waals surface area contributed by atoms with Crippen LogP contribution in [0.3, 0.4) is 0 Å². The fourth-order valence-corrected chi connectivity index (χ4v) is 1.60. The molecule has 0 spiro atoms. The third-order valence-corrected chi connectivity index (χ3v) is 2.61. The number of H-pyrrole nitrogens is 1. The maximum absolute atomic E-state index is 5.72. The number of nitrogens with one attached hydrogen (secondary N) is 1. The van der Waals surface area contributed by atoms with E-state index in [1.165, 1.54) is 5.69 Å². The summed E-state index contributed by atoms with van der Waals surface area (Å²) in [6, 6.07) is 0. The minimum Gasteiger partial charge on any atom is -0.381 e. The summed E-state index contributed by atoms with van der Waals surface area (Å²) in [4.78, 5) is 7.08. The van der Waals surface area contributed by atoms with E-state index >= 15 is 0 Å². The number of aromatic amines is 1. The van der Waals surface area contributed by atoms with E-state index in [1.54, 1.807) is 6.33 Å². The van der Waals surface area contributed by atoms with Gasteiger partial charge in [-0.05, 0) is 19.8 Å². The molecule has 0 unspecified atom stereocenters. The highest BCUT2D eigenvalue weighted by molar-refractivity contribution is 5.06. The maximum atomic E-state index is 5.72. The highest BCUT2D eigenvalue weighted by atomic mass is 16.5. The predicted molar refractivity (Wildman–Crippen MR) is 75.5 cm³/mol. The van der Waals surface area contributed by atoms with Gasteiger partial charge in [-0.3, -0.25) is 0 Å². The fraction of sp³-hybridized carbons (Fsp3) is 0.533. The second kappa shape index (κ2) is 7.88. The van der Waals surface area contributed by atoms with Crippen molar-refractivity contribution in [3.05, 3.63) is 42.5 Å². The first-order chi connectivity index (χ1) is 8.64. The van der Waals surface area contributed by atoms with Gasteiger partial charge in [-0.15, -0.1) is 0 Å². The fourth-order valence-electron chi connectivity index (χ4n) is 1.60. The predicted octanol–water partition coefficient (Wildman–Crippen LogP) is 3.52. The molecule has 0 radical (unpaired) electrons. The Morgan fingerprint density at radius 1 is 1.39 bits per heavy atom. The number of hydrogen-bond acceptors (Lipinski definition) is 2. The van der Waals surface area contributed by atoms with E-state index in [0.29, 0.717) is 0 Å². The van der Waals surface area contributed by atoms with Gasteiger partial charge in [0, 0.05) is 23.9 Å². The van der Waals surface area contributed by atoms with Gasteiger partial charge in [0.25, 0.3) is 0 Å². The van der Waals surface area contributed by atoms with Crippen molar-refractivity contribution < 1.29 is 4.74 Å². The molecule has 1 N–H and O–H groups in total. The number of allylic oxidation sites excluding steroid dienone is 3. The van der Waals surface area contributed by atoms with Crippen molar-refractivity contribution in [1.82, 2.24) is 9.97 Å². The van der Waals surface area contributed by atoms with Crippen LogP contribution in [-0.4, -0.2) is 23.2 Å². The van der Waals surface area contributed by atoms with Crippen LogP contribution < -0.4 is 0 Å². The molecule has 18 heavy (non-hydrogen) atoms. The van der Waals surface area contributed by atoms with Crippen molar-refractivity contribution in [2.75, 3.05) is 13.2 Å². The van der Waals surface area contributed by atoms with Gasteiger partial charge in [-0.2, -0.15) is 0 Å². The van der Waals surface area contributed by atoms with Crippen molar-refractivity contribution in [3.8, 4) is 0 Å². The Balaban J connectivity index is 2.12. The molecule has 3 heteroatoms. The highest BCUT2D eigenvalue weighted by Gasteiger charge is 2.13. The van der Waals surface area contributed by atoms with Crippen molar-refractivity contribution >= 4 is 0 Å². The molecule has 0 aliphatic rings. The van der Waals surface area contributed by atoms with E-state index in [0.717, 1.165) is 26.1 Å². The van der Waals surface area contributed by atoms with Crippen LogP contribution in [0.5, 0.6) is 0 Å². The zero-order valence-electron chi connectivity index (χ0n) is 11.6. The molecule has 0 aliphatic heterocycles. The first kappa shape index (κ1) is 14.7.